The largest absolute Gasteiger partial charge is 0.396 e. The van der Waals surface area contributed by atoms with Gasteiger partial charge >= 0.3 is 0 Å². The van der Waals surface area contributed by atoms with Gasteiger partial charge in [-0.25, -0.2) is 0 Å². The summed E-state index contributed by atoms with van der Waals surface area (Å²) in [7, 11) is 0. The third kappa shape index (κ3) is 2.32. The second kappa shape index (κ2) is 5.26. The van der Waals surface area contributed by atoms with Crippen molar-refractivity contribution in [2.45, 2.75) is 72.6 Å². The Balaban J connectivity index is 1.94. The van der Waals surface area contributed by atoms with Crippen molar-refractivity contribution in [2.24, 2.45) is 22.7 Å². The molecule has 0 unspecified atom stereocenters. The maximum absolute atomic E-state index is 9.99. The molecule has 0 aliphatic heterocycles. The van der Waals surface area contributed by atoms with E-state index in [9.17, 15) is 5.11 Å². The van der Waals surface area contributed by atoms with Crippen LogP contribution in [0.3, 0.4) is 0 Å². The van der Waals surface area contributed by atoms with Crippen molar-refractivity contribution < 1.29 is 5.11 Å². The zero-order chi connectivity index (χ0) is 15.3. The minimum Gasteiger partial charge on any atom is -0.396 e. The molecule has 0 amide bonds. The van der Waals surface area contributed by atoms with Crippen molar-refractivity contribution >= 4 is 0 Å². The van der Waals surface area contributed by atoms with Gasteiger partial charge in [0.25, 0.3) is 0 Å². The van der Waals surface area contributed by atoms with Gasteiger partial charge in [0.1, 0.15) is 0 Å². The summed E-state index contributed by atoms with van der Waals surface area (Å²) in [6.07, 6.45) is 11.3. The second-order valence-electron chi connectivity index (χ2n) is 8.66. The number of hydrogen-bond acceptors (Lipinski definition) is 1. The van der Waals surface area contributed by atoms with Gasteiger partial charge in [-0.1, -0.05) is 45.8 Å². The lowest BCUT2D eigenvalue weighted by Crippen LogP contribution is -2.48. The summed E-state index contributed by atoms with van der Waals surface area (Å²) in [6.45, 7) is 9.86. The van der Waals surface area contributed by atoms with Gasteiger partial charge in [-0.3, -0.25) is 0 Å². The number of fused-ring (bicyclic) bond motifs is 2. The number of aliphatic hydroxyl groups excluding tert-OH is 1. The highest BCUT2D eigenvalue weighted by Crippen LogP contribution is 2.62. The van der Waals surface area contributed by atoms with Crippen LogP contribution in [0.4, 0.5) is 0 Å². The van der Waals surface area contributed by atoms with E-state index in [4.69, 9.17) is 0 Å². The molecule has 0 heterocycles. The number of allylic oxidation sites excluding steroid dienone is 4. The Hall–Kier alpha value is -0.560. The van der Waals surface area contributed by atoms with Crippen LogP contribution in [0.5, 0.6) is 0 Å². The highest BCUT2D eigenvalue weighted by molar-refractivity contribution is 5.47. The number of aliphatic hydroxyl groups is 1. The molecule has 3 atom stereocenters. The van der Waals surface area contributed by atoms with Crippen molar-refractivity contribution in [2.75, 3.05) is 6.61 Å². The highest BCUT2D eigenvalue weighted by Gasteiger charge is 2.52. The normalized spacial score (nSPS) is 39.3. The van der Waals surface area contributed by atoms with E-state index in [1.807, 2.05) is 0 Å². The van der Waals surface area contributed by atoms with Crippen LogP contribution in [-0.2, 0) is 0 Å². The number of hydrogen-bond donors (Lipinski definition) is 1. The molecule has 118 valence electrons. The van der Waals surface area contributed by atoms with Gasteiger partial charge in [0.15, 0.2) is 0 Å². The third-order valence-electron chi connectivity index (χ3n) is 6.72. The van der Waals surface area contributed by atoms with E-state index in [1.165, 1.54) is 44.9 Å². The predicted octanol–water partition coefficient (Wildman–Crippen LogP) is 5.26. The number of rotatable bonds is 3. The zero-order valence-corrected chi connectivity index (χ0v) is 14.3. The molecule has 1 nitrogen and oxygen atoms in total. The van der Waals surface area contributed by atoms with Gasteiger partial charge < -0.3 is 5.11 Å². The van der Waals surface area contributed by atoms with Crippen molar-refractivity contribution in [1.82, 2.24) is 0 Å². The maximum atomic E-state index is 9.99. The van der Waals surface area contributed by atoms with Crippen LogP contribution >= 0.6 is 0 Å². The first-order valence-corrected chi connectivity index (χ1v) is 8.93. The molecule has 1 N–H and O–H groups in total. The first kappa shape index (κ1) is 15.3. The van der Waals surface area contributed by atoms with E-state index >= 15 is 0 Å². The van der Waals surface area contributed by atoms with Gasteiger partial charge in [0, 0.05) is 6.61 Å². The average Bonchev–Trinajstić information content (AvgIpc) is 2.82. The van der Waals surface area contributed by atoms with Gasteiger partial charge in [-0.2, -0.15) is 0 Å². The summed E-state index contributed by atoms with van der Waals surface area (Å²) in [5.41, 5.74) is 5.60. The predicted molar refractivity (Wildman–Crippen MR) is 89.1 cm³/mol. The molecule has 0 radical (unpaired) electrons. The molecule has 3 aliphatic carbocycles. The summed E-state index contributed by atoms with van der Waals surface area (Å²) in [5.74, 6) is 1.43. The summed E-state index contributed by atoms with van der Waals surface area (Å²) in [6, 6.07) is 0. The van der Waals surface area contributed by atoms with Crippen LogP contribution in [0.15, 0.2) is 22.8 Å². The third-order valence-corrected chi connectivity index (χ3v) is 6.72. The first-order chi connectivity index (χ1) is 9.90. The fraction of sp³-hybridized carbons (Fsp3) is 0.800. The smallest absolute Gasteiger partial charge is 0.0487 e. The Bertz CT molecular complexity index is 484. The van der Waals surface area contributed by atoms with Crippen molar-refractivity contribution in [3.05, 3.63) is 22.8 Å². The Morgan fingerprint density at radius 2 is 2.05 bits per heavy atom. The van der Waals surface area contributed by atoms with Crippen LogP contribution in [0.1, 0.15) is 72.6 Å². The molecular weight excluding hydrogens is 256 g/mol. The van der Waals surface area contributed by atoms with Crippen molar-refractivity contribution in [3.8, 4) is 0 Å². The van der Waals surface area contributed by atoms with E-state index in [2.05, 4.69) is 33.8 Å². The Morgan fingerprint density at radius 1 is 1.29 bits per heavy atom. The molecule has 0 aromatic rings. The molecule has 0 spiro atoms. The molecule has 0 aromatic carbocycles. The summed E-state index contributed by atoms with van der Waals surface area (Å²) < 4.78 is 0. The lowest BCUT2D eigenvalue weighted by atomic mass is 9.50. The van der Waals surface area contributed by atoms with Crippen molar-refractivity contribution in [3.63, 3.8) is 0 Å². The average molecular weight is 288 g/mol. The quantitative estimate of drug-likeness (QED) is 0.751. The summed E-state index contributed by atoms with van der Waals surface area (Å²) in [4.78, 5) is 0. The minimum atomic E-state index is 0.145. The van der Waals surface area contributed by atoms with Crippen LogP contribution in [-0.4, -0.2) is 11.7 Å². The monoisotopic (exact) mass is 288 g/mol. The summed E-state index contributed by atoms with van der Waals surface area (Å²) >= 11 is 0. The molecule has 1 fully saturated rings. The van der Waals surface area contributed by atoms with E-state index in [0.29, 0.717) is 17.9 Å². The molecule has 1 saturated carbocycles. The van der Waals surface area contributed by atoms with Gasteiger partial charge in [-0.05, 0) is 72.3 Å². The standard InChI is InChI=1S/C20H32O/c1-14(2)12-15-6-8-17-16(15)7-9-18-19(3,13-21)10-5-11-20(17,18)4/h6,14,18,21H,5,7-13H2,1-4H3/t18-,19-,20+/m0/s1. The van der Waals surface area contributed by atoms with Crippen LogP contribution in [0.2, 0.25) is 0 Å². The van der Waals surface area contributed by atoms with Gasteiger partial charge in [0.2, 0.25) is 0 Å². The molecule has 0 saturated heterocycles. The van der Waals surface area contributed by atoms with Crippen LogP contribution in [0.25, 0.3) is 0 Å². The van der Waals surface area contributed by atoms with Crippen LogP contribution in [0, 0.1) is 22.7 Å². The molecule has 3 rings (SSSR count). The zero-order valence-electron chi connectivity index (χ0n) is 14.3. The first-order valence-electron chi connectivity index (χ1n) is 8.93. The molecular formula is C20H32O. The molecule has 0 bridgehead atoms. The molecule has 3 aliphatic rings. The van der Waals surface area contributed by atoms with E-state index in [0.717, 1.165) is 5.92 Å². The lowest BCUT2D eigenvalue weighted by Gasteiger charge is -2.55. The molecule has 0 aromatic heterocycles. The Labute approximate surface area is 130 Å². The Morgan fingerprint density at radius 3 is 2.71 bits per heavy atom. The second-order valence-corrected chi connectivity index (χ2v) is 8.66. The topological polar surface area (TPSA) is 20.2 Å². The molecule has 1 heteroatoms. The highest BCUT2D eigenvalue weighted by atomic mass is 16.3. The minimum absolute atomic E-state index is 0.145. The fourth-order valence-corrected chi connectivity index (χ4v) is 5.68. The lowest BCUT2D eigenvalue weighted by molar-refractivity contribution is -0.0375. The SMILES string of the molecule is CC(C)CC1=CCC2=C1CC[C@H]1[C@](C)(CO)CCC[C@]21C. The summed E-state index contributed by atoms with van der Waals surface area (Å²) in [5, 5.41) is 9.99. The van der Waals surface area contributed by atoms with Crippen LogP contribution < -0.4 is 0 Å². The fourth-order valence-electron chi connectivity index (χ4n) is 5.68. The van der Waals surface area contributed by atoms with Crippen molar-refractivity contribution in [1.29, 1.82) is 0 Å². The molecule has 21 heavy (non-hydrogen) atoms. The Kier molecular flexibility index (Phi) is 3.84. The van der Waals surface area contributed by atoms with E-state index in [1.54, 1.807) is 16.7 Å². The van der Waals surface area contributed by atoms with Gasteiger partial charge in [-0.15, -0.1) is 0 Å². The van der Waals surface area contributed by atoms with E-state index < -0.39 is 0 Å². The van der Waals surface area contributed by atoms with E-state index in [-0.39, 0.29) is 5.41 Å². The maximum Gasteiger partial charge on any atom is 0.0487 e. The van der Waals surface area contributed by atoms with Gasteiger partial charge in [0.05, 0.1) is 0 Å².